The lowest BCUT2D eigenvalue weighted by molar-refractivity contribution is 0.235. The van der Waals surface area contributed by atoms with Gasteiger partial charge in [0.2, 0.25) is 0 Å². The van der Waals surface area contributed by atoms with Gasteiger partial charge < -0.3 is 4.57 Å². The molecule has 3 rings (SSSR count). The van der Waals surface area contributed by atoms with Crippen molar-refractivity contribution in [3.63, 3.8) is 0 Å². The smallest absolute Gasteiger partial charge is 0.133 e. The van der Waals surface area contributed by atoms with Crippen LogP contribution in [0.2, 0.25) is 0 Å². The van der Waals surface area contributed by atoms with Crippen LogP contribution >= 0.6 is 15.9 Å². The van der Waals surface area contributed by atoms with Crippen molar-refractivity contribution in [3.05, 3.63) is 46.5 Å². The number of hydrogen-bond acceptors (Lipinski definition) is 2. The molecule has 0 amide bonds. The standard InChI is InChI=1S/C14H16BrN3/c1-18-10-16-17-13(18)9-14(6-3-7-14)11-4-2-5-12(15)8-11/h2,4-5,8,10H,3,6-7,9H2,1H3. The minimum absolute atomic E-state index is 0.268. The van der Waals surface area contributed by atoms with E-state index in [0.29, 0.717) is 0 Å². The predicted molar refractivity (Wildman–Crippen MR) is 74.4 cm³/mol. The Balaban J connectivity index is 1.93. The molecule has 2 aromatic rings. The van der Waals surface area contributed by atoms with Crippen molar-refractivity contribution in [2.45, 2.75) is 31.1 Å². The summed E-state index contributed by atoms with van der Waals surface area (Å²) in [6.45, 7) is 0. The molecule has 1 fully saturated rings. The van der Waals surface area contributed by atoms with E-state index in [1.165, 1.54) is 24.8 Å². The molecule has 0 saturated heterocycles. The molecule has 0 atom stereocenters. The summed E-state index contributed by atoms with van der Waals surface area (Å²) in [6, 6.07) is 8.68. The quantitative estimate of drug-likeness (QED) is 0.871. The van der Waals surface area contributed by atoms with Crippen LogP contribution in [0, 0.1) is 0 Å². The van der Waals surface area contributed by atoms with E-state index in [4.69, 9.17) is 0 Å². The van der Waals surface area contributed by atoms with Crippen LogP contribution in [0.4, 0.5) is 0 Å². The molecule has 0 bridgehead atoms. The number of rotatable bonds is 3. The molecule has 1 aliphatic carbocycles. The Bertz CT molecular complexity index is 558. The van der Waals surface area contributed by atoms with Gasteiger partial charge in [-0.25, -0.2) is 0 Å². The molecule has 0 radical (unpaired) electrons. The van der Waals surface area contributed by atoms with Crippen LogP contribution in [0.5, 0.6) is 0 Å². The van der Waals surface area contributed by atoms with Gasteiger partial charge in [-0.1, -0.05) is 34.5 Å². The molecule has 1 aliphatic rings. The maximum absolute atomic E-state index is 4.23. The Labute approximate surface area is 115 Å². The summed E-state index contributed by atoms with van der Waals surface area (Å²) in [7, 11) is 2.02. The molecule has 0 aliphatic heterocycles. The zero-order valence-corrected chi connectivity index (χ0v) is 12.0. The second kappa shape index (κ2) is 4.50. The Hall–Kier alpha value is -1.16. The second-order valence-electron chi connectivity index (χ2n) is 5.18. The summed E-state index contributed by atoms with van der Waals surface area (Å²) in [4.78, 5) is 0. The van der Waals surface area contributed by atoms with E-state index < -0.39 is 0 Å². The third-order valence-corrected chi connectivity index (χ3v) is 4.54. The molecule has 0 N–H and O–H groups in total. The van der Waals surface area contributed by atoms with E-state index >= 15 is 0 Å². The first kappa shape index (κ1) is 11.9. The third kappa shape index (κ3) is 1.99. The molecule has 1 aromatic carbocycles. The Morgan fingerprint density at radius 3 is 2.78 bits per heavy atom. The van der Waals surface area contributed by atoms with Gasteiger partial charge in [0.05, 0.1) is 0 Å². The monoisotopic (exact) mass is 305 g/mol. The van der Waals surface area contributed by atoms with Crippen molar-refractivity contribution in [2.24, 2.45) is 7.05 Å². The number of aromatic nitrogens is 3. The molecule has 0 unspecified atom stereocenters. The van der Waals surface area contributed by atoms with Crippen LogP contribution in [0.1, 0.15) is 30.7 Å². The number of nitrogens with zero attached hydrogens (tertiary/aromatic N) is 3. The largest absolute Gasteiger partial charge is 0.321 e. The van der Waals surface area contributed by atoms with Crippen molar-refractivity contribution in [2.75, 3.05) is 0 Å². The molecule has 1 heterocycles. The van der Waals surface area contributed by atoms with Crippen molar-refractivity contribution in [1.29, 1.82) is 0 Å². The van der Waals surface area contributed by atoms with Crippen molar-refractivity contribution >= 4 is 15.9 Å². The summed E-state index contributed by atoms with van der Waals surface area (Å²) in [5, 5.41) is 8.21. The van der Waals surface area contributed by atoms with Crippen LogP contribution in [0.25, 0.3) is 0 Å². The van der Waals surface area contributed by atoms with E-state index in [9.17, 15) is 0 Å². The Morgan fingerprint density at radius 2 is 2.22 bits per heavy atom. The van der Waals surface area contributed by atoms with E-state index in [1.54, 1.807) is 6.33 Å². The number of aryl methyl sites for hydroxylation is 1. The summed E-state index contributed by atoms with van der Waals surface area (Å²) in [5.74, 6) is 1.08. The fourth-order valence-corrected chi connectivity index (χ4v) is 3.16. The maximum atomic E-state index is 4.23. The molecule has 18 heavy (non-hydrogen) atoms. The summed E-state index contributed by atoms with van der Waals surface area (Å²) in [6.07, 6.45) is 6.57. The fraction of sp³-hybridized carbons (Fsp3) is 0.429. The van der Waals surface area contributed by atoms with E-state index in [1.807, 2.05) is 11.6 Å². The number of benzene rings is 1. The Kier molecular flexibility index (Phi) is 2.98. The zero-order valence-electron chi connectivity index (χ0n) is 10.4. The average molecular weight is 306 g/mol. The molecule has 3 nitrogen and oxygen atoms in total. The van der Waals surface area contributed by atoms with Gasteiger partial charge in [-0.15, -0.1) is 10.2 Å². The van der Waals surface area contributed by atoms with Gasteiger partial charge in [-0.2, -0.15) is 0 Å². The van der Waals surface area contributed by atoms with Gasteiger partial charge in [0.1, 0.15) is 12.2 Å². The number of hydrogen-bond donors (Lipinski definition) is 0. The van der Waals surface area contributed by atoms with Crippen molar-refractivity contribution < 1.29 is 0 Å². The summed E-state index contributed by atoms with van der Waals surface area (Å²) >= 11 is 3.57. The summed E-state index contributed by atoms with van der Waals surface area (Å²) in [5.41, 5.74) is 1.69. The molecule has 4 heteroatoms. The first-order chi connectivity index (χ1) is 8.70. The van der Waals surface area contributed by atoms with Gasteiger partial charge in [0.15, 0.2) is 0 Å². The summed E-state index contributed by atoms with van der Waals surface area (Å²) < 4.78 is 3.18. The van der Waals surface area contributed by atoms with Crippen LogP contribution in [0.15, 0.2) is 35.1 Å². The highest BCUT2D eigenvalue weighted by atomic mass is 79.9. The van der Waals surface area contributed by atoms with E-state index in [2.05, 4.69) is 50.4 Å². The first-order valence-electron chi connectivity index (χ1n) is 6.29. The highest BCUT2D eigenvalue weighted by molar-refractivity contribution is 9.10. The highest BCUT2D eigenvalue weighted by Gasteiger charge is 2.39. The molecular weight excluding hydrogens is 290 g/mol. The minimum Gasteiger partial charge on any atom is -0.321 e. The minimum atomic E-state index is 0.268. The maximum Gasteiger partial charge on any atom is 0.133 e. The van der Waals surface area contributed by atoms with Crippen LogP contribution in [-0.4, -0.2) is 14.8 Å². The molecule has 94 valence electrons. The van der Waals surface area contributed by atoms with E-state index in [-0.39, 0.29) is 5.41 Å². The molecule has 1 saturated carbocycles. The van der Waals surface area contributed by atoms with Crippen LogP contribution in [0.3, 0.4) is 0 Å². The predicted octanol–water partition coefficient (Wildman–Crippen LogP) is 3.24. The number of halogens is 1. The van der Waals surface area contributed by atoms with Crippen molar-refractivity contribution in [3.8, 4) is 0 Å². The molecular formula is C14H16BrN3. The topological polar surface area (TPSA) is 30.7 Å². The third-order valence-electron chi connectivity index (χ3n) is 4.05. The molecule has 0 spiro atoms. The normalized spacial score (nSPS) is 17.4. The molecule has 1 aromatic heterocycles. The van der Waals surface area contributed by atoms with E-state index in [0.717, 1.165) is 16.7 Å². The fourth-order valence-electron chi connectivity index (χ4n) is 2.76. The highest BCUT2D eigenvalue weighted by Crippen LogP contribution is 2.46. The van der Waals surface area contributed by atoms with Gasteiger partial charge in [0.25, 0.3) is 0 Å². The Morgan fingerprint density at radius 1 is 1.39 bits per heavy atom. The van der Waals surface area contributed by atoms with Gasteiger partial charge in [-0.05, 0) is 30.5 Å². The lowest BCUT2D eigenvalue weighted by Crippen LogP contribution is -2.37. The van der Waals surface area contributed by atoms with Gasteiger partial charge in [0, 0.05) is 23.4 Å². The zero-order chi connectivity index (χ0) is 12.6. The van der Waals surface area contributed by atoms with Gasteiger partial charge >= 0.3 is 0 Å². The van der Waals surface area contributed by atoms with Crippen LogP contribution < -0.4 is 0 Å². The SMILES string of the molecule is Cn1cnnc1CC1(c2cccc(Br)c2)CCC1. The lowest BCUT2D eigenvalue weighted by atomic mass is 9.62. The van der Waals surface area contributed by atoms with Gasteiger partial charge in [-0.3, -0.25) is 0 Å². The van der Waals surface area contributed by atoms with Crippen LogP contribution in [-0.2, 0) is 18.9 Å². The lowest BCUT2D eigenvalue weighted by Gasteiger charge is -2.42. The average Bonchev–Trinajstić information content (AvgIpc) is 2.69. The first-order valence-corrected chi connectivity index (χ1v) is 7.08. The second-order valence-corrected chi connectivity index (χ2v) is 6.09. The van der Waals surface area contributed by atoms with Crippen molar-refractivity contribution in [1.82, 2.24) is 14.8 Å².